The Morgan fingerprint density at radius 1 is 1.25 bits per heavy atom. The molecule has 1 heterocycles. The van der Waals surface area contributed by atoms with Crippen molar-refractivity contribution in [2.75, 3.05) is 6.54 Å². The highest BCUT2D eigenvalue weighted by Gasteiger charge is 2.39. The van der Waals surface area contributed by atoms with E-state index in [-0.39, 0.29) is 5.60 Å². The summed E-state index contributed by atoms with van der Waals surface area (Å²) in [5, 5.41) is 4.39. The summed E-state index contributed by atoms with van der Waals surface area (Å²) in [6, 6.07) is 6.35. The second kappa shape index (κ2) is 6.82. The molecule has 1 aromatic rings. The summed E-state index contributed by atoms with van der Waals surface area (Å²) < 4.78 is 6.43. The fraction of sp³-hybridized carbons (Fsp3) is 0.647. The molecule has 0 aromatic heterocycles. The van der Waals surface area contributed by atoms with Crippen LogP contribution in [0, 0.1) is 0 Å². The Morgan fingerprint density at radius 2 is 1.95 bits per heavy atom. The van der Waals surface area contributed by atoms with Crippen molar-refractivity contribution in [2.24, 2.45) is 0 Å². The van der Waals surface area contributed by atoms with E-state index in [1.165, 1.54) is 5.56 Å². The van der Waals surface area contributed by atoms with E-state index in [0.717, 1.165) is 49.4 Å². The van der Waals surface area contributed by atoms with Gasteiger partial charge in [-0.15, -0.1) is 0 Å². The fourth-order valence-corrected chi connectivity index (χ4v) is 3.59. The van der Waals surface area contributed by atoms with Crippen LogP contribution in [-0.4, -0.2) is 12.1 Å². The van der Waals surface area contributed by atoms with Crippen LogP contribution in [0.2, 0.25) is 5.02 Å². The molecule has 0 fully saturated rings. The first kappa shape index (κ1) is 15.7. The molecule has 20 heavy (non-hydrogen) atoms. The summed E-state index contributed by atoms with van der Waals surface area (Å²) in [6.07, 6.45) is 5.58. The first-order chi connectivity index (χ1) is 9.64. The molecule has 3 heteroatoms. The van der Waals surface area contributed by atoms with Crippen molar-refractivity contribution in [3.8, 4) is 5.75 Å². The average Bonchev–Trinajstić information content (AvgIpc) is 2.41. The molecule has 1 aliphatic rings. The predicted octanol–water partition coefficient (Wildman–Crippen LogP) is 5.11. The van der Waals surface area contributed by atoms with Gasteiger partial charge in [0.2, 0.25) is 0 Å². The van der Waals surface area contributed by atoms with Gasteiger partial charge >= 0.3 is 0 Å². The highest BCUT2D eigenvalue weighted by atomic mass is 35.5. The van der Waals surface area contributed by atoms with Crippen molar-refractivity contribution >= 4 is 11.6 Å². The van der Waals surface area contributed by atoms with Gasteiger partial charge in [-0.05, 0) is 37.6 Å². The second-order valence-corrected chi connectivity index (χ2v) is 6.22. The summed E-state index contributed by atoms with van der Waals surface area (Å²) in [5.41, 5.74) is 1.19. The van der Waals surface area contributed by atoms with Gasteiger partial charge in [0.1, 0.15) is 11.4 Å². The summed E-state index contributed by atoms with van der Waals surface area (Å²) >= 11 is 6.15. The predicted molar refractivity (Wildman–Crippen MR) is 85.7 cm³/mol. The van der Waals surface area contributed by atoms with Crippen molar-refractivity contribution in [1.82, 2.24) is 5.32 Å². The van der Waals surface area contributed by atoms with E-state index in [9.17, 15) is 0 Å². The molecule has 0 spiro atoms. The third-order valence-electron chi connectivity index (χ3n) is 4.11. The molecule has 112 valence electrons. The van der Waals surface area contributed by atoms with Crippen LogP contribution in [0.5, 0.6) is 5.75 Å². The van der Waals surface area contributed by atoms with E-state index in [1.54, 1.807) is 0 Å². The molecule has 1 aliphatic heterocycles. The van der Waals surface area contributed by atoms with Crippen molar-refractivity contribution in [3.05, 3.63) is 28.8 Å². The average molecular weight is 296 g/mol. The molecule has 1 aromatic carbocycles. The molecular weight excluding hydrogens is 270 g/mol. The third kappa shape index (κ3) is 3.29. The number of ether oxygens (including phenoxy) is 1. The van der Waals surface area contributed by atoms with Crippen LogP contribution in [-0.2, 0) is 0 Å². The molecule has 0 radical (unpaired) electrons. The van der Waals surface area contributed by atoms with Gasteiger partial charge in [0.05, 0.1) is 0 Å². The van der Waals surface area contributed by atoms with Gasteiger partial charge < -0.3 is 10.1 Å². The van der Waals surface area contributed by atoms with Crippen LogP contribution >= 0.6 is 11.6 Å². The largest absolute Gasteiger partial charge is 0.487 e. The van der Waals surface area contributed by atoms with Gasteiger partial charge in [0, 0.05) is 23.0 Å². The number of nitrogens with one attached hydrogen (secondary N) is 1. The minimum absolute atomic E-state index is 0.0167. The van der Waals surface area contributed by atoms with E-state index in [4.69, 9.17) is 16.3 Å². The van der Waals surface area contributed by atoms with E-state index in [0.29, 0.717) is 6.04 Å². The molecule has 2 rings (SSSR count). The molecular formula is C17H26ClNO. The van der Waals surface area contributed by atoms with Gasteiger partial charge in [-0.2, -0.15) is 0 Å². The SMILES string of the molecule is CCCC1(CCC)CC(NCC)c2cc(Cl)ccc2O1. The van der Waals surface area contributed by atoms with Crippen molar-refractivity contribution in [3.63, 3.8) is 0 Å². The fourth-order valence-electron chi connectivity index (χ4n) is 3.41. The zero-order chi connectivity index (χ0) is 14.6. The maximum atomic E-state index is 6.43. The zero-order valence-corrected chi connectivity index (χ0v) is 13.6. The van der Waals surface area contributed by atoms with Crippen LogP contribution in [0.25, 0.3) is 0 Å². The van der Waals surface area contributed by atoms with Gasteiger partial charge in [-0.25, -0.2) is 0 Å². The smallest absolute Gasteiger partial charge is 0.125 e. The van der Waals surface area contributed by atoms with E-state index in [1.807, 2.05) is 18.2 Å². The van der Waals surface area contributed by atoms with Crippen LogP contribution in [0.4, 0.5) is 0 Å². The van der Waals surface area contributed by atoms with E-state index < -0.39 is 0 Å². The maximum Gasteiger partial charge on any atom is 0.125 e. The Kier molecular flexibility index (Phi) is 5.34. The Morgan fingerprint density at radius 3 is 2.55 bits per heavy atom. The summed E-state index contributed by atoms with van der Waals surface area (Å²) in [5.74, 6) is 1.01. The summed E-state index contributed by atoms with van der Waals surface area (Å²) in [4.78, 5) is 0. The molecule has 1 atom stereocenters. The highest BCUT2D eigenvalue weighted by molar-refractivity contribution is 6.30. The monoisotopic (exact) mass is 295 g/mol. The molecule has 0 amide bonds. The summed E-state index contributed by atoms with van der Waals surface area (Å²) in [6.45, 7) is 7.59. The maximum absolute atomic E-state index is 6.43. The minimum atomic E-state index is -0.0167. The lowest BCUT2D eigenvalue weighted by Crippen LogP contribution is -2.44. The van der Waals surface area contributed by atoms with Crippen molar-refractivity contribution in [1.29, 1.82) is 0 Å². The topological polar surface area (TPSA) is 21.3 Å². The standard InChI is InChI=1S/C17H26ClNO/c1-4-9-17(10-5-2)12-15(19-6-3)14-11-13(18)7-8-16(14)20-17/h7-8,11,15,19H,4-6,9-10,12H2,1-3H3. The molecule has 0 saturated heterocycles. The lowest BCUT2D eigenvalue weighted by molar-refractivity contribution is 0.0131. The Balaban J connectivity index is 2.36. The zero-order valence-electron chi connectivity index (χ0n) is 12.8. The lowest BCUT2D eigenvalue weighted by atomic mass is 9.81. The number of benzene rings is 1. The Hall–Kier alpha value is -0.730. The number of hydrogen-bond donors (Lipinski definition) is 1. The number of halogens is 1. The van der Waals surface area contributed by atoms with Crippen LogP contribution in [0.3, 0.4) is 0 Å². The summed E-state index contributed by atoms with van der Waals surface area (Å²) in [7, 11) is 0. The number of hydrogen-bond acceptors (Lipinski definition) is 2. The van der Waals surface area contributed by atoms with Crippen LogP contribution < -0.4 is 10.1 Å². The quantitative estimate of drug-likeness (QED) is 0.787. The van der Waals surface area contributed by atoms with Gasteiger partial charge in [-0.3, -0.25) is 0 Å². The molecule has 0 saturated carbocycles. The number of fused-ring (bicyclic) bond motifs is 1. The molecule has 1 unspecified atom stereocenters. The minimum Gasteiger partial charge on any atom is -0.487 e. The number of rotatable bonds is 6. The van der Waals surface area contributed by atoms with Crippen LogP contribution in [0.1, 0.15) is 64.5 Å². The molecule has 0 bridgehead atoms. The third-order valence-corrected chi connectivity index (χ3v) is 4.35. The van der Waals surface area contributed by atoms with Crippen molar-refractivity contribution < 1.29 is 4.74 Å². The molecule has 0 aliphatic carbocycles. The second-order valence-electron chi connectivity index (χ2n) is 5.78. The Bertz CT molecular complexity index is 441. The first-order valence-electron chi connectivity index (χ1n) is 7.86. The normalized spacial score (nSPS) is 20.3. The van der Waals surface area contributed by atoms with Gasteiger partial charge in [0.15, 0.2) is 0 Å². The van der Waals surface area contributed by atoms with Gasteiger partial charge in [-0.1, -0.05) is 45.2 Å². The molecule has 2 nitrogen and oxygen atoms in total. The Labute approximate surface area is 127 Å². The van der Waals surface area contributed by atoms with Crippen molar-refractivity contribution in [2.45, 2.75) is 64.5 Å². The molecule has 1 N–H and O–H groups in total. The lowest BCUT2D eigenvalue weighted by Gasteiger charge is -2.43. The highest BCUT2D eigenvalue weighted by Crippen LogP contribution is 2.44. The van der Waals surface area contributed by atoms with Gasteiger partial charge in [0.25, 0.3) is 0 Å². The van der Waals surface area contributed by atoms with E-state index >= 15 is 0 Å². The van der Waals surface area contributed by atoms with Crippen LogP contribution in [0.15, 0.2) is 18.2 Å². The van der Waals surface area contributed by atoms with E-state index in [2.05, 4.69) is 26.1 Å². The first-order valence-corrected chi connectivity index (χ1v) is 8.23.